The maximum atomic E-state index is 10.00. The van der Waals surface area contributed by atoms with Crippen LogP contribution in [0.25, 0.3) is 0 Å². The fourth-order valence-electron chi connectivity index (χ4n) is 1.98. The minimum atomic E-state index is -0.489. The van der Waals surface area contributed by atoms with Gasteiger partial charge in [0.05, 0.1) is 5.60 Å². The van der Waals surface area contributed by atoms with Gasteiger partial charge in [-0.15, -0.1) is 0 Å². The second kappa shape index (κ2) is 5.92. The second-order valence-corrected chi connectivity index (χ2v) is 4.30. The van der Waals surface area contributed by atoms with Crippen LogP contribution in [0, 0.1) is 0 Å². The number of hydrogen-bond donors (Lipinski definition) is 4. The largest absolute Gasteiger partial charge is 0.409 e. The van der Waals surface area contributed by atoms with Gasteiger partial charge >= 0.3 is 0 Å². The van der Waals surface area contributed by atoms with Crippen LogP contribution in [0.2, 0.25) is 0 Å². The number of amidine groups is 1. The Morgan fingerprint density at radius 1 is 1.40 bits per heavy atom. The summed E-state index contributed by atoms with van der Waals surface area (Å²) in [5, 5.41) is 24.4. The van der Waals surface area contributed by atoms with Gasteiger partial charge in [-0.05, 0) is 25.8 Å². The van der Waals surface area contributed by atoms with Crippen LogP contribution in [0.3, 0.4) is 0 Å². The molecular formula is C10H21N3O2. The van der Waals surface area contributed by atoms with Crippen LogP contribution in [-0.4, -0.2) is 34.8 Å². The molecule has 0 aromatic carbocycles. The van der Waals surface area contributed by atoms with Crippen molar-refractivity contribution in [2.45, 2.75) is 44.1 Å². The standard InChI is InChI=1S/C10H21N3O2/c11-9(13-15)4-3-7-12-8-10(14)5-1-2-6-10/h12,14-15H,1-8H2,(H2,11,13). The highest BCUT2D eigenvalue weighted by Gasteiger charge is 2.30. The smallest absolute Gasteiger partial charge is 0.139 e. The number of rotatable bonds is 6. The maximum Gasteiger partial charge on any atom is 0.139 e. The van der Waals surface area contributed by atoms with E-state index in [9.17, 15) is 5.11 Å². The van der Waals surface area contributed by atoms with Crippen LogP contribution >= 0.6 is 0 Å². The van der Waals surface area contributed by atoms with E-state index in [0.29, 0.717) is 13.0 Å². The van der Waals surface area contributed by atoms with Crippen LogP contribution in [0.5, 0.6) is 0 Å². The molecule has 5 N–H and O–H groups in total. The molecular weight excluding hydrogens is 194 g/mol. The molecule has 1 saturated carbocycles. The molecule has 0 unspecified atom stereocenters. The molecule has 0 aliphatic heterocycles. The predicted molar refractivity (Wildman–Crippen MR) is 58.9 cm³/mol. The second-order valence-electron chi connectivity index (χ2n) is 4.30. The molecule has 0 aromatic rings. The lowest BCUT2D eigenvalue weighted by Gasteiger charge is -2.22. The first-order chi connectivity index (χ1) is 7.16. The van der Waals surface area contributed by atoms with Gasteiger partial charge in [-0.3, -0.25) is 0 Å². The number of nitrogens with one attached hydrogen (secondary N) is 1. The Labute approximate surface area is 90.3 Å². The number of nitrogens with zero attached hydrogens (tertiary/aromatic N) is 1. The Morgan fingerprint density at radius 2 is 2.07 bits per heavy atom. The highest BCUT2D eigenvalue weighted by atomic mass is 16.4. The van der Waals surface area contributed by atoms with Crippen molar-refractivity contribution in [2.75, 3.05) is 13.1 Å². The Hall–Kier alpha value is -0.810. The molecule has 15 heavy (non-hydrogen) atoms. The van der Waals surface area contributed by atoms with Crippen molar-refractivity contribution >= 4 is 5.84 Å². The van der Waals surface area contributed by atoms with Crippen LogP contribution < -0.4 is 11.1 Å². The zero-order chi connectivity index (χ0) is 11.1. The van der Waals surface area contributed by atoms with E-state index in [-0.39, 0.29) is 5.84 Å². The first-order valence-electron chi connectivity index (χ1n) is 5.56. The van der Waals surface area contributed by atoms with Gasteiger partial charge in [0, 0.05) is 13.0 Å². The van der Waals surface area contributed by atoms with Gasteiger partial charge in [-0.25, -0.2) is 0 Å². The topological polar surface area (TPSA) is 90.9 Å². The summed E-state index contributed by atoms with van der Waals surface area (Å²) < 4.78 is 0. The van der Waals surface area contributed by atoms with Crippen molar-refractivity contribution < 1.29 is 10.3 Å². The Morgan fingerprint density at radius 3 is 2.67 bits per heavy atom. The van der Waals surface area contributed by atoms with E-state index in [1.54, 1.807) is 0 Å². The fourth-order valence-corrected chi connectivity index (χ4v) is 1.98. The van der Waals surface area contributed by atoms with Crippen LogP contribution in [0.1, 0.15) is 38.5 Å². The molecule has 1 aliphatic carbocycles. The molecule has 0 saturated heterocycles. The van der Waals surface area contributed by atoms with Crippen molar-refractivity contribution in [3.63, 3.8) is 0 Å². The van der Waals surface area contributed by atoms with E-state index in [0.717, 1.165) is 38.6 Å². The maximum absolute atomic E-state index is 10.00. The summed E-state index contributed by atoms with van der Waals surface area (Å²) in [7, 11) is 0. The molecule has 0 aromatic heterocycles. The lowest BCUT2D eigenvalue weighted by molar-refractivity contribution is 0.0479. The Bertz CT molecular complexity index is 213. The van der Waals surface area contributed by atoms with Crippen molar-refractivity contribution in [1.82, 2.24) is 5.32 Å². The molecule has 0 amide bonds. The van der Waals surface area contributed by atoms with Crippen molar-refractivity contribution in [2.24, 2.45) is 10.9 Å². The molecule has 5 nitrogen and oxygen atoms in total. The van der Waals surface area contributed by atoms with Crippen molar-refractivity contribution in [1.29, 1.82) is 0 Å². The van der Waals surface area contributed by atoms with Gasteiger partial charge in [0.2, 0.25) is 0 Å². The average Bonchev–Trinajstić information content (AvgIpc) is 2.64. The lowest BCUT2D eigenvalue weighted by Crippen LogP contribution is -2.38. The van der Waals surface area contributed by atoms with Crippen LogP contribution in [0.4, 0.5) is 0 Å². The summed E-state index contributed by atoms with van der Waals surface area (Å²) in [5.74, 6) is 0.261. The molecule has 0 heterocycles. The van der Waals surface area contributed by atoms with Crippen molar-refractivity contribution in [3.8, 4) is 0 Å². The molecule has 1 aliphatic rings. The zero-order valence-electron chi connectivity index (χ0n) is 9.08. The van der Waals surface area contributed by atoms with E-state index in [1.807, 2.05) is 0 Å². The third-order valence-electron chi connectivity index (χ3n) is 2.90. The normalized spacial score (nSPS) is 20.7. The minimum Gasteiger partial charge on any atom is -0.409 e. The number of aliphatic hydroxyl groups is 1. The third kappa shape index (κ3) is 4.48. The lowest BCUT2D eigenvalue weighted by atomic mass is 10.0. The van der Waals surface area contributed by atoms with Gasteiger partial charge in [-0.1, -0.05) is 18.0 Å². The summed E-state index contributed by atoms with van der Waals surface area (Å²) >= 11 is 0. The summed E-state index contributed by atoms with van der Waals surface area (Å²) in [5.41, 5.74) is 4.84. The summed E-state index contributed by atoms with van der Waals surface area (Å²) in [4.78, 5) is 0. The first-order valence-corrected chi connectivity index (χ1v) is 5.56. The van der Waals surface area contributed by atoms with Crippen LogP contribution in [0.15, 0.2) is 5.16 Å². The minimum absolute atomic E-state index is 0.261. The summed E-state index contributed by atoms with van der Waals surface area (Å²) in [6.07, 6.45) is 5.47. The number of hydrogen-bond acceptors (Lipinski definition) is 4. The van der Waals surface area contributed by atoms with Crippen LogP contribution in [-0.2, 0) is 0 Å². The molecule has 1 fully saturated rings. The number of nitrogens with two attached hydrogens (primary N) is 1. The molecule has 88 valence electrons. The fraction of sp³-hybridized carbons (Fsp3) is 0.900. The molecule has 1 rings (SSSR count). The Kier molecular flexibility index (Phi) is 4.84. The van der Waals surface area contributed by atoms with E-state index >= 15 is 0 Å². The monoisotopic (exact) mass is 215 g/mol. The predicted octanol–water partition coefficient (Wildman–Crippen LogP) is 0.408. The van der Waals surface area contributed by atoms with Gasteiger partial charge in [0.15, 0.2) is 0 Å². The summed E-state index contributed by atoms with van der Waals surface area (Å²) in [6, 6.07) is 0. The highest BCUT2D eigenvalue weighted by Crippen LogP contribution is 2.28. The zero-order valence-corrected chi connectivity index (χ0v) is 9.08. The van der Waals surface area contributed by atoms with E-state index in [1.165, 1.54) is 0 Å². The van der Waals surface area contributed by atoms with E-state index in [4.69, 9.17) is 10.9 Å². The summed E-state index contributed by atoms with van der Waals surface area (Å²) in [6.45, 7) is 1.45. The average molecular weight is 215 g/mol. The molecule has 0 spiro atoms. The molecule has 0 atom stereocenters. The van der Waals surface area contributed by atoms with E-state index < -0.39 is 5.60 Å². The Balaban J connectivity index is 2.01. The highest BCUT2D eigenvalue weighted by molar-refractivity contribution is 5.79. The SMILES string of the molecule is NC(CCCNCC1(O)CCCC1)=NO. The first kappa shape index (κ1) is 12.3. The number of oxime groups is 1. The third-order valence-corrected chi connectivity index (χ3v) is 2.90. The van der Waals surface area contributed by atoms with Gasteiger partial charge < -0.3 is 21.4 Å². The quantitative estimate of drug-likeness (QED) is 0.170. The molecule has 0 radical (unpaired) electrons. The molecule has 0 bridgehead atoms. The van der Waals surface area contributed by atoms with Gasteiger partial charge in [-0.2, -0.15) is 0 Å². The van der Waals surface area contributed by atoms with Gasteiger partial charge in [0.25, 0.3) is 0 Å². The van der Waals surface area contributed by atoms with E-state index in [2.05, 4.69) is 10.5 Å². The molecule has 5 heteroatoms. The van der Waals surface area contributed by atoms with Gasteiger partial charge in [0.1, 0.15) is 5.84 Å². The van der Waals surface area contributed by atoms with Crippen molar-refractivity contribution in [3.05, 3.63) is 0 Å².